The van der Waals surface area contributed by atoms with Crippen LogP contribution in [0.15, 0.2) is 36.5 Å². The first-order valence-electron chi connectivity index (χ1n) is 14.2. The van der Waals surface area contributed by atoms with Crippen molar-refractivity contribution in [3.05, 3.63) is 36.5 Å². The van der Waals surface area contributed by atoms with Crippen LogP contribution in [0.5, 0.6) is 0 Å². The van der Waals surface area contributed by atoms with E-state index in [1.807, 2.05) is 0 Å². The molecule has 0 spiro atoms. The summed E-state index contributed by atoms with van der Waals surface area (Å²) in [6.45, 7) is 10.9. The van der Waals surface area contributed by atoms with Crippen LogP contribution in [0.3, 0.4) is 0 Å². The highest BCUT2D eigenvalue weighted by molar-refractivity contribution is 5.87. The summed E-state index contributed by atoms with van der Waals surface area (Å²) < 4.78 is 15.7. The zero-order chi connectivity index (χ0) is 28.7. The molecule has 0 unspecified atom stereocenters. The highest BCUT2D eigenvalue weighted by Gasteiger charge is 2.35. The zero-order valence-electron chi connectivity index (χ0n) is 24.2. The monoisotopic (exact) mass is 536 g/mol. The predicted molar refractivity (Wildman–Crippen MR) is 151 cm³/mol. The minimum absolute atomic E-state index is 0.192. The maximum absolute atomic E-state index is 12.3. The second-order valence-electron chi connectivity index (χ2n) is 10.4. The molecule has 7 heteroatoms. The maximum atomic E-state index is 12.3. The Kier molecular flexibility index (Phi) is 21.1. The molecule has 7 nitrogen and oxygen atoms in total. The summed E-state index contributed by atoms with van der Waals surface area (Å²) in [5.41, 5.74) is -0.886. The lowest BCUT2D eigenvalue weighted by Crippen LogP contribution is -2.42. The SMILES string of the molecule is C=C(C)C(=O)OCC(CO)(COC(=O)CCCCCCC/C=C\CCCCCCCC)COC(=O)C(=C)C. The average molecular weight is 537 g/mol. The number of esters is 3. The van der Waals surface area contributed by atoms with Crippen molar-refractivity contribution in [1.82, 2.24) is 0 Å². The van der Waals surface area contributed by atoms with Crippen molar-refractivity contribution in [1.29, 1.82) is 0 Å². The molecule has 218 valence electrons. The molecule has 0 aromatic carbocycles. The fourth-order valence-corrected chi connectivity index (χ4v) is 3.59. The fraction of sp³-hybridized carbons (Fsp3) is 0.710. The molecule has 0 aliphatic carbocycles. The number of hydrogen-bond donors (Lipinski definition) is 1. The van der Waals surface area contributed by atoms with Crippen LogP contribution in [-0.2, 0) is 28.6 Å². The number of carbonyl (C=O) groups excluding carboxylic acids is 3. The number of carbonyl (C=O) groups is 3. The quantitative estimate of drug-likeness (QED) is 0.0477. The molecule has 0 amide bonds. The van der Waals surface area contributed by atoms with E-state index in [1.165, 1.54) is 58.8 Å². The van der Waals surface area contributed by atoms with Crippen LogP contribution in [0.4, 0.5) is 0 Å². The largest absolute Gasteiger partial charge is 0.465 e. The molecule has 0 rings (SSSR count). The Labute approximate surface area is 230 Å². The molecule has 0 aliphatic rings. The van der Waals surface area contributed by atoms with Gasteiger partial charge in [0.15, 0.2) is 0 Å². The van der Waals surface area contributed by atoms with Gasteiger partial charge in [0.2, 0.25) is 0 Å². The number of aliphatic hydroxyl groups is 1. The molecule has 0 aromatic heterocycles. The fourth-order valence-electron chi connectivity index (χ4n) is 3.59. The minimum Gasteiger partial charge on any atom is -0.465 e. The van der Waals surface area contributed by atoms with Crippen molar-refractivity contribution in [2.24, 2.45) is 5.41 Å². The van der Waals surface area contributed by atoms with Crippen molar-refractivity contribution in [3.63, 3.8) is 0 Å². The Hall–Kier alpha value is -2.41. The second-order valence-corrected chi connectivity index (χ2v) is 10.4. The molecular weight excluding hydrogens is 484 g/mol. The van der Waals surface area contributed by atoms with Crippen LogP contribution in [0.1, 0.15) is 111 Å². The van der Waals surface area contributed by atoms with E-state index >= 15 is 0 Å². The van der Waals surface area contributed by atoms with E-state index in [9.17, 15) is 19.5 Å². The number of rotatable bonds is 24. The summed E-state index contributed by atoms with van der Waals surface area (Å²) >= 11 is 0. The second kappa shape index (κ2) is 22.6. The first-order valence-corrected chi connectivity index (χ1v) is 14.2. The van der Waals surface area contributed by atoms with Gasteiger partial charge in [-0.3, -0.25) is 4.79 Å². The van der Waals surface area contributed by atoms with Crippen molar-refractivity contribution in [2.45, 2.75) is 111 Å². The number of unbranched alkanes of at least 4 members (excludes halogenated alkanes) is 11. The lowest BCUT2D eigenvalue weighted by molar-refractivity contribution is -0.162. The van der Waals surface area contributed by atoms with Gasteiger partial charge in [-0.05, 0) is 46.0 Å². The van der Waals surface area contributed by atoms with Gasteiger partial charge in [0.05, 0.1) is 12.0 Å². The van der Waals surface area contributed by atoms with Crippen LogP contribution in [0.2, 0.25) is 0 Å². The molecule has 0 fully saturated rings. The van der Waals surface area contributed by atoms with Crippen LogP contribution in [0, 0.1) is 5.41 Å². The molecule has 0 bridgehead atoms. The standard InChI is InChI=1S/C31H52O7/c1-6-7-8-9-10-11-12-13-14-15-16-17-18-19-20-21-28(33)36-23-31(22-32,24-37-29(34)26(2)3)25-38-30(35)27(4)5/h13-14,32H,2,4,6-12,15-25H2,1,3,5H3/b14-13-. The Balaban J connectivity index is 4.22. The Morgan fingerprint density at radius 2 is 1.11 bits per heavy atom. The summed E-state index contributed by atoms with van der Waals surface area (Å²) in [6.07, 6.45) is 20.1. The number of aliphatic hydroxyl groups excluding tert-OH is 1. The Morgan fingerprint density at radius 1 is 0.684 bits per heavy atom. The molecular formula is C31H52O7. The molecule has 0 aliphatic heterocycles. The van der Waals surface area contributed by atoms with E-state index in [0.717, 1.165) is 32.1 Å². The van der Waals surface area contributed by atoms with Crippen molar-refractivity contribution in [3.8, 4) is 0 Å². The molecule has 0 aromatic rings. The number of allylic oxidation sites excluding steroid dienone is 2. The summed E-state index contributed by atoms with van der Waals surface area (Å²) in [5.74, 6) is -1.69. The Morgan fingerprint density at radius 3 is 1.55 bits per heavy atom. The molecule has 38 heavy (non-hydrogen) atoms. The van der Waals surface area contributed by atoms with E-state index in [2.05, 4.69) is 32.2 Å². The summed E-state index contributed by atoms with van der Waals surface area (Å²) in [5, 5.41) is 9.99. The highest BCUT2D eigenvalue weighted by atomic mass is 16.6. The van der Waals surface area contributed by atoms with Gasteiger partial charge in [-0.1, -0.05) is 83.6 Å². The highest BCUT2D eigenvalue weighted by Crippen LogP contribution is 2.21. The molecule has 0 atom stereocenters. The van der Waals surface area contributed by atoms with Gasteiger partial charge in [0, 0.05) is 17.6 Å². The summed E-state index contributed by atoms with van der Waals surface area (Å²) in [4.78, 5) is 35.9. The van der Waals surface area contributed by atoms with Crippen LogP contribution < -0.4 is 0 Å². The number of ether oxygens (including phenoxy) is 3. The third-order valence-corrected chi connectivity index (χ3v) is 6.23. The van der Waals surface area contributed by atoms with Crippen LogP contribution in [-0.4, -0.2) is 49.4 Å². The molecule has 0 saturated heterocycles. The van der Waals surface area contributed by atoms with E-state index < -0.39 is 29.9 Å². The van der Waals surface area contributed by atoms with E-state index in [4.69, 9.17) is 14.2 Å². The first-order chi connectivity index (χ1) is 18.2. The van der Waals surface area contributed by atoms with E-state index in [1.54, 1.807) is 0 Å². The van der Waals surface area contributed by atoms with Crippen molar-refractivity contribution < 1.29 is 33.7 Å². The lowest BCUT2D eigenvalue weighted by Gasteiger charge is -2.30. The zero-order valence-corrected chi connectivity index (χ0v) is 24.2. The lowest BCUT2D eigenvalue weighted by atomic mass is 9.92. The predicted octanol–water partition coefficient (Wildman–Crippen LogP) is 6.78. The van der Waals surface area contributed by atoms with Gasteiger partial charge < -0.3 is 19.3 Å². The summed E-state index contributed by atoms with van der Waals surface area (Å²) in [6, 6.07) is 0. The van der Waals surface area contributed by atoms with E-state index in [0.29, 0.717) is 6.42 Å². The van der Waals surface area contributed by atoms with Crippen molar-refractivity contribution in [2.75, 3.05) is 26.4 Å². The Bertz CT molecular complexity index is 709. The minimum atomic E-state index is -1.27. The summed E-state index contributed by atoms with van der Waals surface area (Å²) in [7, 11) is 0. The smallest absolute Gasteiger partial charge is 0.333 e. The van der Waals surface area contributed by atoms with Gasteiger partial charge in [-0.15, -0.1) is 0 Å². The van der Waals surface area contributed by atoms with Gasteiger partial charge in [0.1, 0.15) is 19.8 Å². The average Bonchev–Trinajstić information content (AvgIpc) is 2.90. The van der Waals surface area contributed by atoms with Crippen molar-refractivity contribution >= 4 is 17.9 Å². The van der Waals surface area contributed by atoms with Crippen LogP contribution >= 0.6 is 0 Å². The van der Waals surface area contributed by atoms with Crippen LogP contribution in [0.25, 0.3) is 0 Å². The third kappa shape index (κ3) is 18.8. The van der Waals surface area contributed by atoms with Gasteiger partial charge >= 0.3 is 17.9 Å². The first kappa shape index (κ1) is 35.6. The van der Waals surface area contributed by atoms with Gasteiger partial charge in [0.25, 0.3) is 0 Å². The molecule has 0 radical (unpaired) electrons. The molecule has 0 heterocycles. The van der Waals surface area contributed by atoms with Gasteiger partial charge in [-0.2, -0.15) is 0 Å². The molecule has 1 N–H and O–H groups in total. The third-order valence-electron chi connectivity index (χ3n) is 6.23. The topological polar surface area (TPSA) is 99.1 Å². The molecule has 0 saturated carbocycles. The van der Waals surface area contributed by atoms with Gasteiger partial charge in [-0.25, -0.2) is 9.59 Å². The number of hydrogen-bond acceptors (Lipinski definition) is 7. The normalized spacial score (nSPS) is 11.4. The maximum Gasteiger partial charge on any atom is 0.333 e. The van der Waals surface area contributed by atoms with E-state index in [-0.39, 0.29) is 37.4 Å².